The summed E-state index contributed by atoms with van der Waals surface area (Å²) in [4.78, 5) is 25.7. The van der Waals surface area contributed by atoms with Crippen molar-refractivity contribution in [3.8, 4) is 5.75 Å². The summed E-state index contributed by atoms with van der Waals surface area (Å²) in [5.74, 6) is -1.06. The average molecular weight is 351 g/mol. The quantitative estimate of drug-likeness (QED) is 0.650. The molecule has 1 aromatic rings. The molecule has 1 aromatic carbocycles. The number of carboxylic acids is 1. The van der Waals surface area contributed by atoms with Crippen LogP contribution in [0.15, 0.2) is 29.2 Å². The van der Waals surface area contributed by atoms with Gasteiger partial charge >= 0.3 is 5.97 Å². The van der Waals surface area contributed by atoms with Gasteiger partial charge in [0.2, 0.25) is 0 Å². The van der Waals surface area contributed by atoms with Crippen LogP contribution >= 0.6 is 24.0 Å². The number of amides is 1. The average Bonchev–Trinajstić information content (AvgIpc) is 2.75. The number of rotatable bonds is 5. The Morgan fingerprint density at radius 2 is 2.04 bits per heavy atom. The molecule has 1 unspecified atom stereocenters. The molecule has 1 amide bonds. The minimum atomic E-state index is -1.06. The Kier molecular flexibility index (Phi) is 5.43. The van der Waals surface area contributed by atoms with Gasteiger partial charge in [-0.2, -0.15) is 0 Å². The number of carboxylic acid groups (broad SMARTS) is 1. The van der Waals surface area contributed by atoms with Crippen LogP contribution < -0.4 is 4.74 Å². The molecule has 0 radical (unpaired) electrons. The monoisotopic (exact) mass is 351 g/mol. The van der Waals surface area contributed by atoms with Crippen molar-refractivity contribution in [2.24, 2.45) is 5.92 Å². The normalized spacial score (nSPS) is 17.9. The summed E-state index contributed by atoms with van der Waals surface area (Å²) in [5, 5.41) is 9.40. The number of ether oxygens (including phenoxy) is 1. The van der Waals surface area contributed by atoms with Gasteiger partial charge in [0.05, 0.1) is 12.0 Å². The van der Waals surface area contributed by atoms with Gasteiger partial charge in [-0.3, -0.25) is 9.69 Å². The van der Waals surface area contributed by atoms with E-state index in [2.05, 4.69) is 0 Å². The predicted molar refractivity (Wildman–Crippen MR) is 94.3 cm³/mol. The molecule has 0 spiro atoms. The van der Waals surface area contributed by atoms with Gasteiger partial charge in [0.15, 0.2) is 0 Å². The van der Waals surface area contributed by atoms with Gasteiger partial charge in [-0.05, 0) is 18.1 Å². The van der Waals surface area contributed by atoms with E-state index in [1.807, 2.05) is 18.2 Å². The lowest BCUT2D eigenvalue weighted by molar-refractivity contribution is -0.146. The molecule has 1 aliphatic heterocycles. The van der Waals surface area contributed by atoms with Crippen molar-refractivity contribution in [1.82, 2.24) is 4.90 Å². The first-order chi connectivity index (χ1) is 10.9. The number of hydrogen-bond donors (Lipinski definition) is 1. The van der Waals surface area contributed by atoms with Crippen molar-refractivity contribution in [2.75, 3.05) is 7.11 Å². The summed E-state index contributed by atoms with van der Waals surface area (Å²) in [6, 6.07) is 6.32. The second kappa shape index (κ2) is 7.14. The molecule has 0 aromatic heterocycles. The largest absolute Gasteiger partial charge is 0.496 e. The Morgan fingerprint density at radius 1 is 1.39 bits per heavy atom. The molecular weight excluding hydrogens is 334 g/mol. The number of hydrogen-bond acceptors (Lipinski definition) is 5. The highest BCUT2D eigenvalue weighted by molar-refractivity contribution is 8.26. The maximum Gasteiger partial charge on any atom is 0.327 e. The van der Waals surface area contributed by atoms with Gasteiger partial charge in [0.1, 0.15) is 16.1 Å². The molecule has 23 heavy (non-hydrogen) atoms. The number of thioether (sulfide) groups is 1. The van der Waals surface area contributed by atoms with Crippen LogP contribution in [0.1, 0.15) is 19.4 Å². The zero-order chi connectivity index (χ0) is 17.1. The predicted octanol–water partition coefficient (Wildman–Crippen LogP) is 3.01. The number of nitrogens with zero attached hydrogens (tertiary/aromatic N) is 1. The van der Waals surface area contributed by atoms with Crippen LogP contribution in [-0.4, -0.2) is 39.4 Å². The summed E-state index contributed by atoms with van der Waals surface area (Å²) in [7, 11) is 1.55. The Balaban J connectivity index is 2.38. The van der Waals surface area contributed by atoms with Gasteiger partial charge in [-0.1, -0.05) is 56.0 Å². The van der Waals surface area contributed by atoms with Crippen molar-refractivity contribution in [2.45, 2.75) is 19.9 Å². The number of para-hydroxylation sites is 1. The summed E-state index contributed by atoms with van der Waals surface area (Å²) < 4.78 is 5.52. The van der Waals surface area contributed by atoms with Gasteiger partial charge in [-0.25, -0.2) is 4.79 Å². The molecule has 7 heteroatoms. The zero-order valence-corrected chi connectivity index (χ0v) is 14.6. The van der Waals surface area contributed by atoms with E-state index in [-0.39, 0.29) is 16.1 Å². The fourth-order valence-electron chi connectivity index (χ4n) is 2.34. The summed E-state index contributed by atoms with van der Waals surface area (Å²) >= 11 is 6.33. The molecule has 1 saturated heterocycles. The Hall–Kier alpha value is -1.86. The minimum Gasteiger partial charge on any atom is -0.496 e. The Bertz CT molecular complexity index is 684. The molecule has 1 atom stereocenters. The molecule has 1 aliphatic rings. The second-order valence-corrected chi connectivity index (χ2v) is 7.00. The van der Waals surface area contributed by atoms with Gasteiger partial charge < -0.3 is 9.84 Å². The lowest BCUT2D eigenvalue weighted by Gasteiger charge is -2.26. The molecule has 122 valence electrons. The molecule has 0 saturated carbocycles. The van der Waals surface area contributed by atoms with E-state index in [0.29, 0.717) is 10.7 Å². The molecule has 1 N–H and O–H groups in total. The van der Waals surface area contributed by atoms with Crippen LogP contribution in [0.2, 0.25) is 0 Å². The number of benzene rings is 1. The number of thiocarbonyl (C=S) groups is 1. The van der Waals surface area contributed by atoms with Crippen molar-refractivity contribution in [1.29, 1.82) is 0 Å². The molecule has 1 heterocycles. The van der Waals surface area contributed by atoms with Crippen molar-refractivity contribution < 1.29 is 19.4 Å². The molecular formula is C16H17NO4S2. The third-order valence-electron chi connectivity index (χ3n) is 3.41. The fraction of sp³-hybridized carbons (Fsp3) is 0.312. The third kappa shape index (κ3) is 3.56. The minimum absolute atomic E-state index is 0.249. The summed E-state index contributed by atoms with van der Waals surface area (Å²) in [6.07, 6.45) is 1.68. The second-order valence-electron chi connectivity index (χ2n) is 5.32. The first-order valence-corrected chi connectivity index (χ1v) is 8.22. The fourth-order valence-corrected chi connectivity index (χ4v) is 3.66. The highest BCUT2D eigenvalue weighted by Gasteiger charge is 2.41. The SMILES string of the molecule is COc1ccccc1/C=C1/SC(=S)N(C(C(=O)O)C(C)C)C1=O. The summed E-state index contributed by atoms with van der Waals surface area (Å²) in [5.41, 5.74) is 0.743. The van der Waals surface area contributed by atoms with Crippen molar-refractivity contribution >= 4 is 46.3 Å². The van der Waals surface area contributed by atoms with Crippen LogP contribution in [0.4, 0.5) is 0 Å². The highest BCUT2D eigenvalue weighted by Crippen LogP contribution is 2.36. The van der Waals surface area contributed by atoms with Gasteiger partial charge in [-0.15, -0.1) is 0 Å². The van der Waals surface area contributed by atoms with E-state index < -0.39 is 12.0 Å². The summed E-state index contributed by atoms with van der Waals surface area (Å²) in [6.45, 7) is 3.50. The molecule has 0 aliphatic carbocycles. The standard InChI is InChI=1S/C16H17NO4S2/c1-9(2)13(15(19)20)17-14(18)12(23-16(17)22)8-10-6-4-5-7-11(10)21-3/h4-9,13H,1-3H3,(H,19,20)/b12-8+. The molecule has 5 nitrogen and oxygen atoms in total. The number of carbonyl (C=O) groups is 2. The van der Waals surface area contributed by atoms with Crippen LogP contribution in [0, 0.1) is 5.92 Å². The molecule has 0 bridgehead atoms. The number of methoxy groups -OCH3 is 1. The Morgan fingerprint density at radius 3 is 2.61 bits per heavy atom. The van der Waals surface area contributed by atoms with Crippen molar-refractivity contribution in [3.63, 3.8) is 0 Å². The van der Waals surface area contributed by atoms with Crippen LogP contribution in [0.3, 0.4) is 0 Å². The van der Waals surface area contributed by atoms with Gasteiger partial charge in [0, 0.05) is 5.56 Å². The van der Waals surface area contributed by atoms with Crippen LogP contribution in [0.25, 0.3) is 6.08 Å². The first-order valence-electron chi connectivity index (χ1n) is 6.99. The van der Waals surface area contributed by atoms with E-state index in [1.54, 1.807) is 33.1 Å². The highest BCUT2D eigenvalue weighted by atomic mass is 32.2. The van der Waals surface area contributed by atoms with E-state index in [4.69, 9.17) is 17.0 Å². The lowest BCUT2D eigenvalue weighted by atomic mass is 10.0. The van der Waals surface area contributed by atoms with E-state index in [0.717, 1.165) is 17.3 Å². The topological polar surface area (TPSA) is 66.8 Å². The van der Waals surface area contributed by atoms with Gasteiger partial charge in [0.25, 0.3) is 5.91 Å². The first kappa shape index (κ1) is 17.5. The van der Waals surface area contributed by atoms with E-state index in [1.165, 1.54) is 4.90 Å². The van der Waals surface area contributed by atoms with Crippen LogP contribution in [0.5, 0.6) is 5.75 Å². The smallest absolute Gasteiger partial charge is 0.327 e. The zero-order valence-electron chi connectivity index (χ0n) is 13.0. The van der Waals surface area contributed by atoms with Crippen LogP contribution in [-0.2, 0) is 9.59 Å². The maximum absolute atomic E-state index is 12.6. The third-order valence-corrected chi connectivity index (χ3v) is 4.74. The molecule has 2 rings (SSSR count). The number of aliphatic carboxylic acids is 1. The Labute approximate surface area is 144 Å². The molecule has 1 fully saturated rings. The maximum atomic E-state index is 12.6. The van der Waals surface area contributed by atoms with E-state index in [9.17, 15) is 14.7 Å². The van der Waals surface area contributed by atoms with Crippen molar-refractivity contribution in [3.05, 3.63) is 34.7 Å². The lowest BCUT2D eigenvalue weighted by Crippen LogP contribution is -2.47. The van der Waals surface area contributed by atoms with E-state index >= 15 is 0 Å². The number of carbonyl (C=O) groups excluding carboxylic acids is 1.